The van der Waals surface area contributed by atoms with Crippen molar-refractivity contribution in [2.24, 2.45) is 45.2 Å². The SMILES string of the molecule is CC[C@H]1OC(=O)[C@H](C)C(=O)[C@H](C)C(C)(C)C(C)(C)OC/C(=N/OCc2ccc(-n3cccn3)nc2)CC[C@H]([C@@H](C)C(=NC(C)=O)C(C)C)[C@]1(C)O. The Morgan fingerprint density at radius 3 is 2.37 bits per heavy atom. The van der Waals surface area contributed by atoms with Gasteiger partial charge in [0.1, 0.15) is 30.0 Å². The number of hydrogen-bond donors (Lipinski definition) is 1. The molecular weight excluding hydrogens is 650 g/mol. The predicted octanol–water partition coefficient (Wildman–Crippen LogP) is 6.57. The zero-order valence-electron chi connectivity index (χ0n) is 32.6. The summed E-state index contributed by atoms with van der Waals surface area (Å²) in [5.41, 5.74) is -1.06. The second kappa shape index (κ2) is 17.2. The van der Waals surface area contributed by atoms with Crippen LogP contribution < -0.4 is 0 Å². The molecule has 0 spiro atoms. The van der Waals surface area contributed by atoms with E-state index in [4.69, 9.17) is 14.3 Å². The fraction of sp³-hybridized carbons (Fsp3) is 0.667. The molecular formula is C39H59N5O7. The van der Waals surface area contributed by atoms with E-state index in [0.29, 0.717) is 36.5 Å². The second-order valence-corrected chi connectivity index (χ2v) is 15.5. The Morgan fingerprint density at radius 1 is 1.14 bits per heavy atom. The van der Waals surface area contributed by atoms with Gasteiger partial charge in [0, 0.05) is 54.0 Å². The van der Waals surface area contributed by atoms with E-state index in [9.17, 15) is 19.5 Å². The van der Waals surface area contributed by atoms with Gasteiger partial charge in [0.05, 0.1) is 17.9 Å². The number of aromatic nitrogens is 3. The Kier molecular flexibility index (Phi) is 14.0. The van der Waals surface area contributed by atoms with Crippen molar-refractivity contribution in [3.8, 4) is 5.82 Å². The summed E-state index contributed by atoms with van der Waals surface area (Å²) >= 11 is 0. The summed E-state index contributed by atoms with van der Waals surface area (Å²) in [6.07, 6.45) is 5.31. The number of cyclic esters (lactones) is 1. The van der Waals surface area contributed by atoms with Gasteiger partial charge in [0.15, 0.2) is 5.82 Å². The van der Waals surface area contributed by atoms with Crippen molar-refractivity contribution in [3.05, 3.63) is 42.4 Å². The minimum absolute atomic E-state index is 0.0887. The van der Waals surface area contributed by atoms with Crippen LogP contribution in [0.2, 0.25) is 0 Å². The summed E-state index contributed by atoms with van der Waals surface area (Å²) < 4.78 is 14.2. The van der Waals surface area contributed by atoms with E-state index >= 15 is 0 Å². The van der Waals surface area contributed by atoms with Gasteiger partial charge in [-0.1, -0.05) is 59.7 Å². The van der Waals surface area contributed by atoms with Crippen molar-refractivity contribution in [1.29, 1.82) is 0 Å². The highest BCUT2D eigenvalue weighted by atomic mass is 16.6. The Bertz CT molecular complexity index is 1540. The molecule has 12 heteroatoms. The van der Waals surface area contributed by atoms with Gasteiger partial charge in [-0.25, -0.2) is 14.7 Å². The van der Waals surface area contributed by atoms with Gasteiger partial charge in [-0.2, -0.15) is 5.10 Å². The lowest BCUT2D eigenvalue weighted by Crippen LogP contribution is -2.53. The summed E-state index contributed by atoms with van der Waals surface area (Å²) in [7, 11) is 0. The van der Waals surface area contributed by atoms with Crippen LogP contribution in [0, 0.1) is 35.0 Å². The summed E-state index contributed by atoms with van der Waals surface area (Å²) in [6, 6.07) is 5.57. The summed E-state index contributed by atoms with van der Waals surface area (Å²) in [5, 5.41) is 21.1. The molecule has 2 aromatic rings. The van der Waals surface area contributed by atoms with E-state index < -0.39 is 46.4 Å². The van der Waals surface area contributed by atoms with Crippen molar-refractivity contribution >= 4 is 29.1 Å². The third-order valence-corrected chi connectivity index (χ3v) is 11.1. The number of ketones is 1. The van der Waals surface area contributed by atoms with E-state index in [1.165, 1.54) is 6.92 Å². The van der Waals surface area contributed by atoms with E-state index in [-0.39, 0.29) is 36.7 Å². The molecule has 0 bridgehead atoms. The van der Waals surface area contributed by atoms with Gasteiger partial charge in [0.2, 0.25) is 5.91 Å². The lowest BCUT2D eigenvalue weighted by atomic mass is 9.65. The number of pyridine rings is 1. The van der Waals surface area contributed by atoms with Gasteiger partial charge in [-0.15, -0.1) is 0 Å². The van der Waals surface area contributed by atoms with Gasteiger partial charge in [-0.05, 0) is 70.9 Å². The first kappa shape index (κ1) is 41.6. The Balaban J connectivity index is 2.07. The number of nitrogens with zero attached hydrogens (tertiary/aromatic N) is 5. The third kappa shape index (κ3) is 9.97. The van der Waals surface area contributed by atoms with Crippen molar-refractivity contribution in [1.82, 2.24) is 14.8 Å². The van der Waals surface area contributed by atoms with Crippen LogP contribution in [0.1, 0.15) is 108 Å². The molecule has 2 aromatic heterocycles. The van der Waals surface area contributed by atoms with Gasteiger partial charge in [0.25, 0.3) is 0 Å². The maximum absolute atomic E-state index is 13.8. The number of carbonyl (C=O) groups excluding carboxylic acids is 3. The number of rotatable bonds is 8. The minimum atomic E-state index is -1.57. The number of esters is 1. The number of amides is 1. The molecule has 6 atom stereocenters. The molecule has 1 amide bonds. The molecule has 12 nitrogen and oxygen atoms in total. The number of oxime groups is 1. The van der Waals surface area contributed by atoms with Gasteiger partial charge < -0.3 is 19.4 Å². The van der Waals surface area contributed by atoms with E-state index in [1.807, 2.05) is 86.7 Å². The topological polar surface area (TPSA) is 155 Å². The molecule has 51 heavy (non-hydrogen) atoms. The Labute approximate surface area is 303 Å². The standard InChI is InChI=1S/C39H59N5O7/c1-13-32-39(12,48)31(25(4)34(24(2)3)42-28(7)45)17-16-30(43-50-22-29-15-18-33(40-21-29)44-20-14-19-41-44)23-49-38(10,11)37(8,9)27(6)35(46)26(5)36(47)51-32/h14-15,18-21,24-27,31-32,48H,13,16-17,22-23H2,1-12H3/b42-34?,43-30+/t25-,26-,27+,31-,32-,39+/m1/s1. The average Bonchev–Trinajstić information content (AvgIpc) is 3.61. The molecule has 0 radical (unpaired) electrons. The molecule has 1 aliphatic rings. The minimum Gasteiger partial charge on any atom is -0.459 e. The first-order valence-corrected chi connectivity index (χ1v) is 18.1. The smallest absolute Gasteiger partial charge is 0.316 e. The van der Waals surface area contributed by atoms with Gasteiger partial charge in [-0.3, -0.25) is 14.4 Å². The zero-order chi connectivity index (χ0) is 38.3. The molecule has 0 aromatic carbocycles. The number of Topliss-reactive ketones (excluding diaryl/α,β-unsaturated/α-hetero) is 1. The van der Waals surface area contributed by atoms with Crippen LogP contribution in [0.4, 0.5) is 0 Å². The maximum atomic E-state index is 13.8. The maximum Gasteiger partial charge on any atom is 0.316 e. The van der Waals surface area contributed by atoms with Crippen LogP contribution in [0.5, 0.6) is 0 Å². The van der Waals surface area contributed by atoms with Crippen molar-refractivity contribution in [2.75, 3.05) is 6.61 Å². The first-order chi connectivity index (χ1) is 23.7. The predicted molar refractivity (Wildman–Crippen MR) is 196 cm³/mol. The zero-order valence-corrected chi connectivity index (χ0v) is 32.6. The first-order valence-electron chi connectivity index (χ1n) is 18.1. The molecule has 0 unspecified atom stereocenters. The van der Waals surface area contributed by atoms with Crippen LogP contribution in [0.15, 0.2) is 46.9 Å². The fourth-order valence-corrected chi connectivity index (χ4v) is 6.81. The molecule has 3 rings (SSSR count). The summed E-state index contributed by atoms with van der Waals surface area (Å²) in [5.74, 6) is -3.25. The van der Waals surface area contributed by atoms with Crippen LogP contribution in [0.3, 0.4) is 0 Å². The van der Waals surface area contributed by atoms with E-state index in [1.54, 1.807) is 30.9 Å². The molecule has 0 aliphatic carbocycles. The normalized spacial score (nSPS) is 28.1. The van der Waals surface area contributed by atoms with Crippen LogP contribution >= 0.6 is 0 Å². The molecule has 282 valence electrons. The number of hydrogen-bond acceptors (Lipinski definition) is 10. The Hall–Kier alpha value is -3.77. The van der Waals surface area contributed by atoms with Gasteiger partial charge >= 0.3 is 5.97 Å². The third-order valence-electron chi connectivity index (χ3n) is 11.1. The van der Waals surface area contributed by atoms with E-state index in [2.05, 4.69) is 20.2 Å². The monoisotopic (exact) mass is 709 g/mol. The molecule has 1 fully saturated rings. The highest BCUT2D eigenvalue weighted by Gasteiger charge is 2.49. The second-order valence-electron chi connectivity index (χ2n) is 15.5. The quantitative estimate of drug-likeness (QED) is 0.139. The molecule has 1 saturated heterocycles. The van der Waals surface area contributed by atoms with Crippen LogP contribution in [0.25, 0.3) is 5.82 Å². The number of aliphatic imine (C=N–C) groups is 1. The summed E-state index contributed by atoms with van der Waals surface area (Å²) in [6.45, 7) is 22.1. The fourth-order valence-electron chi connectivity index (χ4n) is 6.81. The molecule has 3 heterocycles. The number of carbonyl (C=O) groups is 3. The Morgan fingerprint density at radius 2 is 1.82 bits per heavy atom. The molecule has 0 saturated carbocycles. The molecule has 1 aliphatic heterocycles. The van der Waals surface area contributed by atoms with Crippen LogP contribution in [-0.4, -0.2) is 72.9 Å². The number of ether oxygens (including phenoxy) is 2. The lowest BCUT2D eigenvalue weighted by Gasteiger charge is -2.45. The van der Waals surface area contributed by atoms with Crippen LogP contribution in [-0.2, 0) is 35.3 Å². The van der Waals surface area contributed by atoms with Crippen molar-refractivity contribution in [2.45, 2.75) is 126 Å². The van der Waals surface area contributed by atoms with Crippen molar-refractivity contribution < 1.29 is 33.8 Å². The molecule has 1 N–H and O–H groups in total. The highest BCUT2D eigenvalue weighted by molar-refractivity contribution is 6.00. The average molecular weight is 710 g/mol. The van der Waals surface area contributed by atoms with Crippen molar-refractivity contribution in [3.63, 3.8) is 0 Å². The summed E-state index contributed by atoms with van der Waals surface area (Å²) in [4.78, 5) is 54.3. The lowest BCUT2D eigenvalue weighted by molar-refractivity contribution is -0.179. The highest BCUT2D eigenvalue weighted by Crippen LogP contribution is 2.43. The largest absolute Gasteiger partial charge is 0.459 e. The van der Waals surface area contributed by atoms with E-state index in [0.717, 1.165) is 5.56 Å². The number of aliphatic hydroxyl groups is 1.